The Morgan fingerprint density at radius 1 is 1.07 bits per heavy atom. The van der Waals surface area contributed by atoms with Crippen molar-refractivity contribution in [3.05, 3.63) is 64.7 Å². The molecule has 0 aliphatic carbocycles. The molecular weight excluding hydrogens is 366 g/mol. The predicted octanol–water partition coefficient (Wildman–Crippen LogP) is 3.14. The smallest absolute Gasteiger partial charge is 0.254 e. The molecule has 1 saturated heterocycles. The number of nitrogens with zero attached hydrogens (tertiary/aromatic N) is 2. The molecule has 6 heteroatoms. The fraction of sp³-hybridized carbons (Fsp3) is 0.348. The van der Waals surface area contributed by atoms with Crippen LogP contribution >= 0.6 is 0 Å². The molecule has 0 saturated carbocycles. The third-order valence-corrected chi connectivity index (χ3v) is 5.22. The summed E-state index contributed by atoms with van der Waals surface area (Å²) in [6, 6.07) is 13.0. The minimum atomic E-state index is -0.234. The number of likely N-dealkylation sites (tertiary alicyclic amines) is 1. The zero-order valence-corrected chi connectivity index (χ0v) is 17.2. The van der Waals surface area contributed by atoms with Crippen LogP contribution in [0.2, 0.25) is 0 Å². The van der Waals surface area contributed by atoms with Gasteiger partial charge in [-0.3, -0.25) is 14.4 Å². The Morgan fingerprint density at radius 2 is 1.72 bits per heavy atom. The molecule has 3 amide bonds. The lowest BCUT2D eigenvalue weighted by atomic mass is 10.1. The second kappa shape index (κ2) is 8.90. The number of hydrogen-bond donors (Lipinski definition) is 1. The highest BCUT2D eigenvalue weighted by atomic mass is 16.2. The summed E-state index contributed by atoms with van der Waals surface area (Å²) in [6.45, 7) is 5.21. The molecule has 0 aromatic heterocycles. The van der Waals surface area contributed by atoms with Gasteiger partial charge in [0.25, 0.3) is 5.91 Å². The maximum Gasteiger partial charge on any atom is 0.254 e. The van der Waals surface area contributed by atoms with E-state index in [0.29, 0.717) is 18.5 Å². The lowest BCUT2D eigenvalue weighted by Gasteiger charge is -2.19. The first-order chi connectivity index (χ1) is 13.8. The Bertz CT molecular complexity index is 901. The molecule has 1 heterocycles. The molecule has 1 aliphatic rings. The summed E-state index contributed by atoms with van der Waals surface area (Å²) in [6.07, 6.45) is 1.52. The summed E-state index contributed by atoms with van der Waals surface area (Å²) in [7, 11) is 1.61. The first-order valence-electron chi connectivity index (χ1n) is 9.83. The van der Waals surface area contributed by atoms with Crippen LogP contribution in [-0.2, 0) is 16.1 Å². The average molecular weight is 393 g/mol. The zero-order chi connectivity index (χ0) is 21.0. The first-order valence-corrected chi connectivity index (χ1v) is 9.83. The maximum atomic E-state index is 12.7. The quantitative estimate of drug-likeness (QED) is 0.820. The number of rotatable bonds is 6. The fourth-order valence-corrected chi connectivity index (χ4v) is 3.54. The van der Waals surface area contributed by atoms with E-state index >= 15 is 0 Å². The van der Waals surface area contributed by atoms with Crippen molar-refractivity contribution < 1.29 is 14.4 Å². The lowest BCUT2D eigenvalue weighted by Crippen LogP contribution is -2.35. The van der Waals surface area contributed by atoms with Crippen molar-refractivity contribution in [1.82, 2.24) is 9.80 Å². The van der Waals surface area contributed by atoms with Crippen molar-refractivity contribution in [2.45, 2.75) is 33.2 Å². The van der Waals surface area contributed by atoms with Crippen molar-refractivity contribution in [2.24, 2.45) is 0 Å². The highest BCUT2D eigenvalue weighted by molar-refractivity contribution is 5.99. The number of benzene rings is 2. The minimum Gasteiger partial charge on any atom is -0.338 e. The van der Waals surface area contributed by atoms with Crippen molar-refractivity contribution in [1.29, 1.82) is 0 Å². The normalized spacial score (nSPS) is 13.5. The zero-order valence-electron chi connectivity index (χ0n) is 17.2. The third kappa shape index (κ3) is 5.02. The van der Waals surface area contributed by atoms with E-state index in [-0.39, 0.29) is 24.3 Å². The van der Waals surface area contributed by atoms with Gasteiger partial charge in [0.1, 0.15) is 0 Å². The van der Waals surface area contributed by atoms with E-state index in [1.807, 2.05) is 49.1 Å². The number of likely N-dealkylation sites (N-methyl/N-ethyl adjacent to an activating group) is 1. The summed E-state index contributed by atoms with van der Waals surface area (Å²) < 4.78 is 0. The van der Waals surface area contributed by atoms with Crippen LogP contribution in [0.1, 0.15) is 39.9 Å². The van der Waals surface area contributed by atoms with E-state index in [1.54, 1.807) is 19.2 Å². The van der Waals surface area contributed by atoms with Crippen LogP contribution in [0.3, 0.4) is 0 Å². The van der Waals surface area contributed by atoms with Crippen molar-refractivity contribution in [3.8, 4) is 0 Å². The third-order valence-electron chi connectivity index (χ3n) is 5.22. The van der Waals surface area contributed by atoms with Crippen molar-refractivity contribution in [2.75, 3.05) is 25.5 Å². The van der Waals surface area contributed by atoms with E-state index in [0.717, 1.165) is 35.3 Å². The van der Waals surface area contributed by atoms with Crippen LogP contribution in [0.4, 0.5) is 5.69 Å². The number of carbonyl (C=O) groups is 3. The van der Waals surface area contributed by atoms with Gasteiger partial charge in [-0.2, -0.15) is 0 Å². The molecule has 0 radical (unpaired) electrons. The summed E-state index contributed by atoms with van der Waals surface area (Å²) in [5, 5.41) is 2.90. The molecule has 0 spiro atoms. The van der Waals surface area contributed by atoms with Gasteiger partial charge in [-0.05, 0) is 49.1 Å². The van der Waals surface area contributed by atoms with Gasteiger partial charge in [0.05, 0.1) is 6.54 Å². The van der Waals surface area contributed by atoms with E-state index in [9.17, 15) is 14.4 Å². The molecule has 1 fully saturated rings. The molecule has 0 bridgehead atoms. The molecule has 3 rings (SSSR count). The second-order valence-electron chi connectivity index (χ2n) is 7.59. The highest BCUT2D eigenvalue weighted by Crippen LogP contribution is 2.19. The van der Waals surface area contributed by atoms with Crippen LogP contribution in [-0.4, -0.2) is 47.7 Å². The van der Waals surface area contributed by atoms with E-state index in [4.69, 9.17) is 0 Å². The Labute approximate surface area is 171 Å². The van der Waals surface area contributed by atoms with Gasteiger partial charge >= 0.3 is 0 Å². The van der Waals surface area contributed by atoms with Crippen LogP contribution in [0.25, 0.3) is 0 Å². The molecule has 6 nitrogen and oxygen atoms in total. The van der Waals surface area contributed by atoms with Gasteiger partial charge in [-0.1, -0.05) is 30.3 Å². The maximum absolute atomic E-state index is 12.7. The molecule has 2 aromatic rings. The number of amides is 3. The topological polar surface area (TPSA) is 69.7 Å². The van der Waals surface area contributed by atoms with E-state index in [1.165, 1.54) is 4.90 Å². The number of anilines is 1. The van der Waals surface area contributed by atoms with Gasteiger partial charge in [-0.15, -0.1) is 0 Å². The summed E-state index contributed by atoms with van der Waals surface area (Å²) in [5.74, 6) is -0.271. The Hall–Kier alpha value is -3.15. The van der Waals surface area contributed by atoms with Crippen LogP contribution in [0.15, 0.2) is 42.5 Å². The SMILES string of the molecule is Cc1cccc(C)c1NC(=O)CN(C)C(=O)c1ccc(CN2CCCC2=O)cc1. The molecule has 0 atom stereocenters. The molecule has 1 aliphatic heterocycles. The Kier molecular flexibility index (Phi) is 6.32. The molecule has 0 unspecified atom stereocenters. The van der Waals surface area contributed by atoms with Gasteiger partial charge < -0.3 is 15.1 Å². The number of aryl methyl sites for hydroxylation is 2. The molecule has 152 valence electrons. The highest BCUT2D eigenvalue weighted by Gasteiger charge is 2.20. The molecular formula is C23H27N3O3. The predicted molar refractivity (Wildman–Crippen MR) is 113 cm³/mol. The van der Waals surface area contributed by atoms with Crippen molar-refractivity contribution in [3.63, 3.8) is 0 Å². The van der Waals surface area contributed by atoms with Crippen LogP contribution in [0.5, 0.6) is 0 Å². The minimum absolute atomic E-state index is 0.0311. The Balaban J connectivity index is 1.58. The van der Waals surface area contributed by atoms with Crippen molar-refractivity contribution >= 4 is 23.4 Å². The lowest BCUT2D eigenvalue weighted by molar-refractivity contribution is -0.128. The van der Waals surface area contributed by atoms with Gasteiger partial charge in [0, 0.05) is 37.8 Å². The Morgan fingerprint density at radius 3 is 2.31 bits per heavy atom. The van der Waals surface area contributed by atoms with Crippen LogP contribution < -0.4 is 5.32 Å². The standard InChI is InChI=1S/C23H27N3O3/c1-16-6-4-7-17(2)22(16)24-20(27)15-25(3)23(29)19-11-9-18(10-12-19)14-26-13-5-8-21(26)28/h4,6-7,9-12H,5,8,13-15H2,1-3H3,(H,24,27). The monoisotopic (exact) mass is 393 g/mol. The fourth-order valence-electron chi connectivity index (χ4n) is 3.54. The average Bonchev–Trinajstić information content (AvgIpc) is 3.09. The second-order valence-corrected chi connectivity index (χ2v) is 7.59. The number of para-hydroxylation sites is 1. The summed E-state index contributed by atoms with van der Waals surface area (Å²) in [4.78, 5) is 40.0. The van der Waals surface area contributed by atoms with E-state index < -0.39 is 0 Å². The number of nitrogens with one attached hydrogen (secondary N) is 1. The summed E-state index contributed by atoms with van der Waals surface area (Å²) >= 11 is 0. The first kappa shape index (κ1) is 20.6. The van der Waals surface area contributed by atoms with Crippen LogP contribution in [0, 0.1) is 13.8 Å². The number of carbonyl (C=O) groups excluding carboxylic acids is 3. The van der Waals surface area contributed by atoms with Gasteiger partial charge in [0.15, 0.2) is 0 Å². The largest absolute Gasteiger partial charge is 0.338 e. The van der Waals surface area contributed by atoms with E-state index in [2.05, 4.69) is 5.32 Å². The van der Waals surface area contributed by atoms with Gasteiger partial charge in [0.2, 0.25) is 11.8 Å². The molecule has 29 heavy (non-hydrogen) atoms. The number of hydrogen-bond acceptors (Lipinski definition) is 3. The molecule has 2 aromatic carbocycles. The van der Waals surface area contributed by atoms with Gasteiger partial charge in [-0.25, -0.2) is 0 Å². The molecule has 1 N–H and O–H groups in total. The summed E-state index contributed by atoms with van der Waals surface area (Å²) in [5.41, 5.74) is 4.27.